The van der Waals surface area contributed by atoms with Gasteiger partial charge in [0.05, 0.1) is 22.9 Å². The Kier molecular flexibility index (Phi) is 2.91. The third-order valence-corrected chi connectivity index (χ3v) is 3.55. The topological polar surface area (TPSA) is 52.3 Å². The summed E-state index contributed by atoms with van der Waals surface area (Å²) in [6.45, 7) is 0.627. The van der Waals surface area contributed by atoms with E-state index < -0.39 is 0 Å². The van der Waals surface area contributed by atoms with Gasteiger partial charge in [0.2, 0.25) is 0 Å². The number of fused-ring (bicyclic) bond motifs is 1. The molecule has 19 heavy (non-hydrogen) atoms. The van der Waals surface area contributed by atoms with Crippen molar-refractivity contribution >= 4 is 23.1 Å². The van der Waals surface area contributed by atoms with Crippen LogP contribution < -0.4 is 10.5 Å². The first kappa shape index (κ1) is 12.1. The molecule has 2 aromatic rings. The normalized spacial score (nSPS) is 12.9. The molecule has 0 aromatic heterocycles. The van der Waals surface area contributed by atoms with E-state index in [9.17, 15) is 4.79 Å². The predicted octanol–water partition coefficient (Wildman–Crippen LogP) is 3.09. The van der Waals surface area contributed by atoms with E-state index in [0.717, 1.165) is 12.0 Å². The van der Waals surface area contributed by atoms with E-state index in [1.165, 1.54) is 0 Å². The molecule has 4 heteroatoms. The molecule has 0 aliphatic carbocycles. The van der Waals surface area contributed by atoms with Crippen LogP contribution in [0.2, 0.25) is 5.02 Å². The number of ether oxygens (including phenoxy) is 1. The average Bonchev–Trinajstić information content (AvgIpc) is 2.89. The molecule has 1 aliphatic heterocycles. The predicted molar refractivity (Wildman–Crippen MR) is 74.9 cm³/mol. The summed E-state index contributed by atoms with van der Waals surface area (Å²) in [5, 5.41) is 0.388. The maximum Gasteiger partial charge on any atom is 0.196 e. The third kappa shape index (κ3) is 2.06. The van der Waals surface area contributed by atoms with Crippen molar-refractivity contribution in [3.8, 4) is 5.75 Å². The monoisotopic (exact) mass is 273 g/mol. The lowest BCUT2D eigenvalue weighted by Gasteiger charge is -2.08. The highest BCUT2D eigenvalue weighted by Gasteiger charge is 2.21. The summed E-state index contributed by atoms with van der Waals surface area (Å²) in [7, 11) is 0. The van der Waals surface area contributed by atoms with Gasteiger partial charge >= 0.3 is 0 Å². The Hall–Kier alpha value is -2.00. The van der Waals surface area contributed by atoms with Crippen LogP contribution in [0.25, 0.3) is 0 Å². The van der Waals surface area contributed by atoms with Crippen molar-refractivity contribution in [1.29, 1.82) is 0 Å². The zero-order valence-corrected chi connectivity index (χ0v) is 10.9. The quantitative estimate of drug-likeness (QED) is 0.676. The minimum Gasteiger partial charge on any atom is -0.492 e. The molecule has 0 saturated carbocycles. The fraction of sp³-hybridized carbons (Fsp3) is 0.133. The second-order valence-corrected chi connectivity index (χ2v) is 4.86. The summed E-state index contributed by atoms with van der Waals surface area (Å²) in [5.41, 5.74) is 8.29. The smallest absolute Gasteiger partial charge is 0.196 e. The number of carbonyl (C=O) groups is 1. The van der Waals surface area contributed by atoms with Crippen LogP contribution in [-0.4, -0.2) is 12.4 Å². The lowest BCUT2D eigenvalue weighted by molar-refractivity contribution is 0.103. The zero-order chi connectivity index (χ0) is 13.4. The van der Waals surface area contributed by atoms with Gasteiger partial charge in [-0.1, -0.05) is 23.7 Å². The molecular weight excluding hydrogens is 262 g/mol. The summed E-state index contributed by atoms with van der Waals surface area (Å²) in [4.78, 5) is 12.5. The lowest BCUT2D eigenvalue weighted by Crippen LogP contribution is -2.04. The zero-order valence-electron chi connectivity index (χ0n) is 10.2. The largest absolute Gasteiger partial charge is 0.492 e. The summed E-state index contributed by atoms with van der Waals surface area (Å²) in [6, 6.07) is 10.5. The number of anilines is 1. The van der Waals surface area contributed by atoms with Gasteiger partial charge in [0.15, 0.2) is 5.78 Å². The Morgan fingerprint density at radius 3 is 2.89 bits per heavy atom. The first-order valence-corrected chi connectivity index (χ1v) is 6.39. The summed E-state index contributed by atoms with van der Waals surface area (Å²) < 4.78 is 5.55. The van der Waals surface area contributed by atoms with Crippen LogP contribution in [0.5, 0.6) is 5.75 Å². The van der Waals surface area contributed by atoms with E-state index in [-0.39, 0.29) is 5.78 Å². The Balaban J connectivity index is 2.05. The van der Waals surface area contributed by atoms with Gasteiger partial charge < -0.3 is 10.5 Å². The summed E-state index contributed by atoms with van der Waals surface area (Å²) >= 11 is 5.95. The lowest BCUT2D eigenvalue weighted by atomic mass is 9.99. The number of benzene rings is 2. The number of rotatable bonds is 2. The van der Waals surface area contributed by atoms with Crippen molar-refractivity contribution in [2.24, 2.45) is 0 Å². The first-order chi connectivity index (χ1) is 9.16. The van der Waals surface area contributed by atoms with Crippen molar-refractivity contribution in [3.05, 3.63) is 58.1 Å². The summed E-state index contributed by atoms with van der Waals surface area (Å²) in [5.74, 6) is 0.598. The van der Waals surface area contributed by atoms with Gasteiger partial charge in [0.25, 0.3) is 0 Å². The molecule has 0 amide bonds. The maximum atomic E-state index is 12.5. The van der Waals surface area contributed by atoms with Gasteiger partial charge in [-0.25, -0.2) is 0 Å². The molecule has 3 rings (SSSR count). The highest BCUT2D eigenvalue weighted by Crippen LogP contribution is 2.31. The molecule has 0 unspecified atom stereocenters. The average molecular weight is 274 g/mol. The number of hydrogen-bond donors (Lipinski definition) is 1. The van der Waals surface area contributed by atoms with Crippen LogP contribution in [0.1, 0.15) is 21.5 Å². The fourth-order valence-electron chi connectivity index (χ4n) is 2.22. The highest BCUT2D eigenvalue weighted by molar-refractivity contribution is 6.33. The second kappa shape index (κ2) is 4.59. The number of hydrogen-bond acceptors (Lipinski definition) is 3. The van der Waals surface area contributed by atoms with Gasteiger partial charge in [-0.3, -0.25) is 4.79 Å². The number of nitrogens with two attached hydrogens (primary N) is 1. The van der Waals surface area contributed by atoms with Crippen molar-refractivity contribution in [3.63, 3.8) is 0 Å². The molecule has 2 N–H and O–H groups in total. The first-order valence-electron chi connectivity index (χ1n) is 6.01. The van der Waals surface area contributed by atoms with Crippen molar-refractivity contribution in [2.45, 2.75) is 6.42 Å². The van der Waals surface area contributed by atoms with E-state index in [2.05, 4.69) is 0 Å². The molecule has 0 atom stereocenters. The van der Waals surface area contributed by atoms with Crippen LogP contribution in [-0.2, 0) is 6.42 Å². The van der Waals surface area contributed by atoms with E-state index >= 15 is 0 Å². The Bertz CT molecular complexity index is 667. The van der Waals surface area contributed by atoms with Gasteiger partial charge in [-0.05, 0) is 29.8 Å². The van der Waals surface area contributed by atoms with Gasteiger partial charge in [0, 0.05) is 12.0 Å². The molecule has 1 heterocycles. The Morgan fingerprint density at radius 1 is 1.26 bits per heavy atom. The molecule has 3 nitrogen and oxygen atoms in total. The van der Waals surface area contributed by atoms with Gasteiger partial charge in [-0.15, -0.1) is 0 Å². The summed E-state index contributed by atoms with van der Waals surface area (Å²) in [6.07, 6.45) is 0.846. The third-order valence-electron chi connectivity index (χ3n) is 3.22. The molecule has 0 fully saturated rings. The van der Waals surface area contributed by atoms with E-state index in [1.807, 2.05) is 12.1 Å². The van der Waals surface area contributed by atoms with E-state index in [0.29, 0.717) is 34.2 Å². The number of ketones is 1. The Labute approximate surface area is 115 Å². The molecule has 0 spiro atoms. The van der Waals surface area contributed by atoms with Crippen LogP contribution in [0.4, 0.5) is 5.69 Å². The fourth-order valence-corrected chi connectivity index (χ4v) is 2.40. The second-order valence-electron chi connectivity index (χ2n) is 4.46. The molecule has 0 saturated heterocycles. The van der Waals surface area contributed by atoms with Gasteiger partial charge in [0.1, 0.15) is 5.75 Å². The SMILES string of the molecule is Nc1ccc(C(=O)c2cccc3c2OCC3)cc1Cl. The number of halogens is 1. The molecular formula is C15H12ClNO2. The van der Waals surface area contributed by atoms with Crippen LogP contribution in [0.3, 0.4) is 0 Å². The van der Waals surface area contributed by atoms with E-state index in [1.54, 1.807) is 24.3 Å². The van der Waals surface area contributed by atoms with Crippen LogP contribution in [0.15, 0.2) is 36.4 Å². The molecule has 2 aromatic carbocycles. The molecule has 0 bridgehead atoms. The van der Waals surface area contributed by atoms with Crippen molar-refractivity contribution in [1.82, 2.24) is 0 Å². The number of nitrogen functional groups attached to an aromatic ring is 1. The minimum absolute atomic E-state index is 0.0966. The van der Waals surface area contributed by atoms with Crippen LogP contribution in [0, 0.1) is 0 Å². The minimum atomic E-state index is -0.0966. The molecule has 1 aliphatic rings. The van der Waals surface area contributed by atoms with Gasteiger partial charge in [-0.2, -0.15) is 0 Å². The Morgan fingerprint density at radius 2 is 2.11 bits per heavy atom. The van der Waals surface area contributed by atoms with Crippen molar-refractivity contribution < 1.29 is 9.53 Å². The molecule has 0 radical (unpaired) electrons. The van der Waals surface area contributed by atoms with E-state index in [4.69, 9.17) is 22.1 Å². The molecule has 96 valence electrons. The maximum absolute atomic E-state index is 12.5. The number of carbonyl (C=O) groups excluding carboxylic acids is 1. The number of para-hydroxylation sites is 1. The van der Waals surface area contributed by atoms with Crippen molar-refractivity contribution in [2.75, 3.05) is 12.3 Å². The van der Waals surface area contributed by atoms with Crippen LogP contribution >= 0.6 is 11.6 Å². The highest BCUT2D eigenvalue weighted by atomic mass is 35.5. The standard InChI is InChI=1S/C15H12ClNO2/c16-12-8-10(4-5-13(12)17)14(18)11-3-1-2-9-6-7-19-15(9)11/h1-5,8H,6-7,17H2.